The van der Waals surface area contributed by atoms with Crippen LogP contribution < -0.4 is 15.1 Å². The zero-order chi connectivity index (χ0) is 18.7. The largest absolute Gasteiger partial charge is 0.361 e. The van der Waals surface area contributed by atoms with E-state index in [0.717, 1.165) is 6.07 Å². The number of nitro groups is 1. The van der Waals surface area contributed by atoms with E-state index in [0.29, 0.717) is 17.5 Å². The maximum absolute atomic E-state index is 12.5. The molecule has 1 heterocycles. The fourth-order valence-corrected chi connectivity index (χ4v) is 2.26. The van der Waals surface area contributed by atoms with Crippen molar-refractivity contribution in [3.63, 3.8) is 0 Å². The zero-order valence-electron chi connectivity index (χ0n) is 14.1. The molecule has 2 aromatic rings. The minimum atomic E-state index is -0.578. The number of non-ortho nitro benzene ring substituents is 1. The third-order valence-electron chi connectivity index (χ3n) is 3.24. The molecule has 1 aromatic carbocycles. The van der Waals surface area contributed by atoms with E-state index in [9.17, 15) is 14.9 Å². The smallest absolute Gasteiger partial charge is 0.270 e. The first-order valence-electron chi connectivity index (χ1n) is 7.17. The van der Waals surface area contributed by atoms with Crippen molar-refractivity contribution in [2.45, 2.75) is 0 Å². The maximum Gasteiger partial charge on any atom is 0.270 e. The van der Waals surface area contributed by atoms with Gasteiger partial charge in [0.05, 0.1) is 21.7 Å². The molecule has 25 heavy (non-hydrogen) atoms. The lowest BCUT2D eigenvalue weighted by atomic mass is 10.2. The number of rotatable bonds is 5. The van der Waals surface area contributed by atoms with E-state index in [-0.39, 0.29) is 16.3 Å². The Kier molecular flexibility index (Phi) is 5.38. The molecule has 0 saturated carbocycles. The van der Waals surface area contributed by atoms with E-state index in [1.54, 1.807) is 23.9 Å². The van der Waals surface area contributed by atoms with Gasteiger partial charge in [-0.2, -0.15) is 4.98 Å². The van der Waals surface area contributed by atoms with Crippen LogP contribution in [0.3, 0.4) is 0 Å². The van der Waals surface area contributed by atoms with Crippen molar-refractivity contribution in [3.05, 3.63) is 45.1 Å². The molecule has 0 unspecified atom stereocenters. The van der Waals surface area contributed by atoms with Gasteiger partial charge in [-0.15, -0.1) is 0 Å². The Morgan fingerprint density at radius 1 is 1.24 bits per heavy atom. The molecular formula is C15H17ClN6O3. The normalized spacial score (nSPS) is 10.3. The molecule has 0 aliphatic rings. The molecule has 1 N–H and O–H groups in total. The van der Waals surface area contributed by atoms with Crippen molar-refractivity contribution < 1.29 is 9.72 Å². The first kappa shape index (κ1) is 18.4. The van der Waals surface area contributed by atoms with E-state index in [4.69, 9.17) is 11.6 Å². The average molecular weight is 365 g/mol. The van der Waals surface area contributed by atoms with Crippen LogP contribution in [0.15, 0.2) is 24.4 Å². The van der Waals surface area contributed by atoms with Gasteiger partial charge in [0.2, 0.25) is 5.95 Å². The Bertz CT molecular complexity index is 825. The number of nitrogens with zero attached hydrogens (tertiary/aromatic N) is 5. The summed E-state index contributed by atoms with van der Waals surface area (Å²) in [6.45, 7) is 0. The van der Waals surface area contributed by atoms with Gasteiger partial charge in [-0.1, -0.05) is 11.6 Å². The third kappa shape index (κ3) is 4.13. The van der Waals surface area contributed by atoms with Gasteiger partial charge < -0.3 is 15.1 Å². The van der Waals surface area contributed by atoms with Crippen LogP contribution in [0.1, 0.15) is 10.4 Å². The van der Waals surface area contributed by atoms with Crippen LogP contribution in [0.2, 0.25) is 5.02 Å². The lowest BCUT2D eigenvalue weighted by Crippen LogP contribution is -2.21. The van der Waals surface area contributed by atoms with Crippen molar-refractivity contribution in [2.24, 2.45) is 0 Å². The van der Waals surface area contributed by atoms with Crippen molar-refractivity contribution in [2.75, 3.05) is 43.3 Å². The highest BCUT2D eigenvalue weighted by Gasteiger charge is 2.18. The highest BCUT2D eigenvalue weighted by atomic mass is 35.5. The number of nitro benzene ring substituents is 1. The highest BCUT2D eigenvalue weighted by Crippen LogP contribution is 2.26. The van der Waals surface area contributed by atoms with Crippen LogP contribution in [0.4, 0.5) is 23.1 Å². The van der Waals surface area contributed by atoms with Gasteiger partial charge >= 0.3 is 0 Å². The monoisotopic (exact) mass is 364 g/mol. The van der Waals surface area contributed by atoms with Gasteiger partial charge in [-0.05, 0) is 6.07 Å². The zero-order valence-corrected chi connectivity index (χ0v) is 14.9. The summed E-state index contributed by atoms with van der Waals surface area (Å²) >= 11 is 5.99. The molecule has 0 fully saturated rings. The van der Waals surface area contributed by atoms with Gasteiger partial charge in [-0.3, -0.25) is 14.9 Å². The number of benzene rings is 1. The second-order valence-corrected chi connectivity index (χ2v) is 5.98. The number of nitrogens with one attached hydrogen (secondary N) is 1. The first-order chi connectivity index (χ1) is 11.7. The molecule has 0 aliphatic carbocycles. The Hall–Kier alpha value is -2.94. The maximum atomic E-state index is 12.5. The molecule has 0 aliphatic heterocycles. The van der Waals surface area contributed by atoms with Crippen molar-refractivity contribution >= 4 is 40.6 Å². The lowest BCUT2D eigenvalue weighted by Gasteiger charge is -2.19. The number of hydrogen-bond donors (Lipinski definition) is 1. The van der Waals surface area contributed by atoms with Crippen LogP contribution in [-0.2, 0) is 0 Å². The summed E-state index contributed by atoms with van der Waals surface area (Å²) in [4.78, 5) is 34.7. The summed E-state index contributed by atoms with van der Waals surface area (Å²) in [5, 5.41) is 13.4. The second-order valence-electron chi connectivity index (χ2n) is 5.57. The van der Waals surface area contributed by atoms with E-state index in [1.807, 2.05) is 14.1 Å². The van der Waals surface area contributed by atoms with Crippen LogP contribution in [0, 0.1) is 10.1 Å². The number of carbonyl (C=O) groups excluding carboxylic acids is 1. The Balaban J connectivity index is 2.33. The number of anilines is 3. The number of amides is 1. The molecule has 0 saturated heterocycles. The minimum Gasteiger partial charge on any atom is -0.361 e. The molecule has 132 valence electrons. The molecule has 1 amide bonds. The molecule has 0 spiro atoms. The minimum absolute atomic E-state index is 0.0102. The summed E-state index contributed by atoms with van der Waals surface area (Å²) in [6.07, 6.45) is 1.49. The Morgan fingerprint density at radius 2 is 1.92 bits per heavy atom. The van der Waals surface area contributed by atoms with Crippen LogP contribution in [0.25, 0.3) is 0 Å². The molecule has 0 atom stereocenters. The van der Waals surface area contributed by atoms with Gasteiger partial charge in [0.25, 0.3) is 11.6 Å². The number of aromatic nitrogens is 2. The fourth-order valence-electron chi connectivity index (χ4n) is 2.00. The summed E-state index contributed by atoms with van der Waals surface area (Å²) in [5.41, 5.74) is 0.331. The lowest BCUT2D eigenvalue weighted by molar-refractivity contribution is -0.384. The third-order valence-corrected chi connectivity index (χ3v) is 3.55. The standard InChI is InChI=1S/C15H17ClN6O3/c1-20(2)13-12(8-17-15(19-13)21(3)4)18-14(23)10-6-5-9(22(24)25)7-11(10)16/h5-8H,1-4H3,(H,18,23). The van der Waals surface area contributed by atoms with Crippen LogP contribution >= 0.6 is 11.6 Å². The van der Waals surface area contributed by atoms with E-state index in [1.165, 1.54) is 18.3 Å². The van der Waals surface area contributed by atoms with Gasteiger partial charge in [0.1, 0.15) is 5.69 Å². The molecule has 10 heteroatoms. The Labute approximate surface area is 149 Å². The van der Waals surface area contributed by atoms with Crippen molar-refractivity contribution in [1.29, 1.82) is 0 Å². The summed E-state index contributed by atoms with van der Waals surface area (Å²) < 4.78 is 0. The van der Waals surface area contributed by atoms with Crippen LogP contribution in [0.5, 0.6) is 0 Å². The summed E-state index contributed by atoms with van der Waals surface area (Å²) in [5.74, 6) is 0.504. The number of hydrogen-bond acceptors (Lipinski definition) is 7. The second kappa shape index (κ2) is 7.31. The van der Waals surface area contributed by atoms with Gasteiger partial charge in [0, 0.05) is 40.3 Å². The molecule has 2 rings (SSSR count). The predicted octanol–water partition coefficient (Wildman–Crippen LogP) is 2.42. The van der Waals surface area contributed by atoms with Crippen LogP contribution in [-0.4, -0.2) is 49.0 Å². The van der Waals surface area contributed by atoms with E-state index < -0.39 is 10.8 Å². The predicted molar refractivity (Wildman–Crippen MR) is 96.7 cm³/mol. The van der Waals surface area contributed by atoms with Crippen molar-refractivity contribution in [3.8, 4) is 0 Å². The van der Waals surface area contributed by atoms with E-state index >= 15 is 0 Å². The van der Waals surface area contributed by atoms with Gasteiger partial charge in [-0.25, -0.2) is 4.98 Å². The molecular weight excluding hydrogens is 348 g/mol. The quantitative estimate of drug-likeness (QED) is 0.641. The van der Waals surface area contributed by atoms with Gasteiger partial charge in [0.15, 0.2) is 5.82 Å². The molecule has 1 aromatic heterocycles. The Morgan fingerprint density at radius 3 is 2.44 bits per heavy atom. The average Bonchev–Trinajstić information content (AvgIpc) is 2.54. The first-order valence-corrected chi connectivity index (χ1v) is 7.55. The number of carbonyl (C=O) groups is 1. The molecule has 9 nitrogen and oxygen atoms in total. The number of halogens is 1. The fraction of sp³-hybridized carbons (Fsp3) is 0.267. The molecule has 0 bridgehead atoms. The topological polar surface area (TPSA) is 104 Å². The summed E-state index contributed by atoms with van der Waals surface area (Å²) in [6, 6.07) is 3.66. The summed E-state index contributed by atoms with van der Waals surface area (Å²) in [7, 11) is 7.19. The SMILES string of the molecule is CN(C)c1ncc(NC(=O)c2ccc([N+](=O)[O-])cc2Cl)c(N(C)C)n1. The van der Waals surface area contributed by atoms with Crippen molar-refractivity contribution in [1.82, 2.24) is 9.97 Å². The highest BCUT2D eigenvalue weighted by molar-refractivity contribution is 6.34. The molecule has 0 radical (unpaired) electrons. The van der Waals surface area contributed by atoms with E-state index in [2.05, 4.69) is 15.3 Å².